The first-order valence-corrected chi connectivity index (χ1v) is 28.2. The van der Waals surface area contributed by atoms with E-state index < -0.39 is 112 Å². The Hall–Kier alpha value is -2.60. The largest absolute Gasteiger partial charge is 0.436 e. The Kier molecular flexibility index (Phi) is 22.0. The van der Waals surface area contributed by atoms with Crippen molar-refractivity contribution in [3.8, 4) is 0 Å². The van der Waals surface area contributed by atoms with Crippen LogP contribution in [0, 0.1) is 23.7 Å². The van der Waals surface area contributed by atoms with Gasteiger partial charge in [-0.2, -0.15) is 20.3 Å². The number of hydroxylamine groups is 8. The number of esters is 4. The fourth-order valence-corrected chi connectivity index (χ4v) is 14.3. The van der Waals surface area contributed by atoms with Crippen molar-refractivity contribution in [1.29, 1.82) is 0 Å². The molecule has 4 saturated heterocycles. The van der Waals surface area contributed by atoms with E-state index in [2.05, 4.69) is 0 Å². The van der Waals surface area contributed by atoms with Crippen LogP contribution in [0.5, 0.6) is 0 Å². The predicted molar refractivity (Wildman–Crippen MR) is 285 cm³/mol. The van der Waals surface area contributed by atoms with Gasteiger partial charge in [0, 0.05) is 70.0 Å². The number of carbonyl (C=O) groups is 4. The summed E-state index contributed by atoms with van der Waals surface area (Å²) in [6.45, 7) is 38.5. The van der Waals surface area contributed by atoms with Crippen molar-refractivity contribution in [2.24, 2.45) is 23.7 Å². The molecule has 4 heterocycles. The second-order valence-corrected chi connectivity index (χ2v) is 28.3. The topological polar surface area (TPSA) is 236 Å². The maximum Gasteiger partial charge on any atom is 0.308 e. The maximum atomic E-state index is 13.7. The normalized spacial score (nSPS) is 26.8. The van der Waals surface area contributed by atoms with Gasteiger partial charge in [-0.1, -0.05) is 0 Å². The van der Waals surface area contributed by atoms with Crippen LogP contribution in [0.2, 0.25) is 0 Å². The average Bonchev–Trinajstić information content (AvgIpc) is 3.22. The first-order valence-electron chi connectivity index (χ1n) is 28.2. The number of hydrogen-bond acceptors (Lipinski definition) is 20. The minimum absolute atomic E-state index is 0.0580. The molecule has 4 fully saturated rings. The molecule has 0 saturated carbocycles. The van der Waals surface area contributed by atoms with Gasteiger partial charge in [0.15, 0.2) is 6.29 Å². The molecule has 77 heavy (non-hydrogen) atoms. The summed E-state index contributed by atoms with van der Waals surface area (Å²) in [5.41, 5.74) is -4.67. The molecule has 7 atom stereocenters. The van der Waals surface area contributed by atoms with E-state index in [0.717, 1.165) is 0 Å². The third-order valence-corrected chi connectivity index (χ3v) is 16.3. The summed E-state index contributed by atoms with van der Waals surface area (Å²) in [5.74, 6) is -2.42. The highest BCUT2D eigenvalue weighted by atomic mass is 16.8. The summed E-state index contributed by atoms with van der Waals surface area (Å²) in [4.78, 5) is 54.6. The van der Waals surface area contributed by atoms with Crippen molar-refractivity contribution in [2.75, 3.05) is 6.61 Å². The van der Waals surface area contributed by atoms with Gasteiger partial charge >= 0.3 is 23.9 Å². The van der Waals surface area contributed by atoms with Crippen LogP contribution in [0.3, 0.4) is 0 Å². The van der Waals surface area contributed by atoms with Crippen molar-refractivity contribution >= 4 is 23.9 Å². The standard InChI is InChI=1S/C57H104N4O16/c1-35(71-37(3)74-46(63)23-41-28-52(10,11)59(67)53(12,13)29-41)49(77-39(5)76-48(65)25-43-32-56(18,19)61(69)57(20,21)33-43)44(72-38(4)75-47(64)24-42-30-54(14,15)60(68)55(16,17)31-42)34-70-36(2)73-45(62)22-40-26-50(6,7)58(66)51(8,9)27-40/h35-44,49,66-69H,22-34H2,1-21H3. The summed E-state index contributed by atoms with van der Waals surface area (Å²) >= 11 is 0. The highest BCUT2D eigenvalue weighted by molar-refractivity contribution is 5.71. The molecule has 0 radical (unpaired) electrons. The summed E-state index contributed by atoms with van der Waals surface area (Å²) in [7, 11) is 0. The van der Waals surface area contributed by atoms with Crippen LogP contribution in [0.15, 0.2) is 0 Å². The zero-order valence-corrected chi connectivity index (χ0v) is 51.0. The fraction of sp³-hybridized carbons (Fsp3) is 0.930. The average molecular weight is 1100 g/mol. The van der Waals surface area contributed by atoms with E-state index in [4.69, 9.17) is 37.9 Å². The van der Waals surface area contributed by atoms with Crippen LogP contribution in [-0.4, -0.2) is 159 Å². The van der Waals surface area contributed by atoms with Crippen molar-refractivity contribution < 1.29 is 77.9 Å². The van der Waals surface area contributed by atoms with Gasteiger partial charge in [-0.05, 0) is 220 Å². The van der Waals surface area contributed by atoms with Gasteiger partial charge in [-0.25, -0.2) is 0 Å². The number of piperidine rings is 4. The molecule has 0 spiro atoms. The Morgan fingerprint density at radius 1 is 0.377 bits per heavy atom. The number of hydrogen-bond donors (Lipinski definition) is 4. The predicted octanol–water partition coefficient (Wildman–Crippen LogP) is 9.93. The van der Waals surface area contributed by atoms with E-state index in [1.165, 1.54) is 20.3 Å². The van der Waals surface area contributed by atoms with Crippen LogP contribution in [-0.2, 0) is 57.1 Å². The van der Waals surface area contributed by atoms with Crippen LogP contribution in [0.1, 0.15) is 222 Å². The Morgan fingerprint density at radius 2 is 0.597 bits per heavy atom. The molecule has 0 bridgehead atoms. The van der Waals surface area contributed by atoms with E-state index in [1.807, 2.05) is 111 Å². The van der Waals surface area contributed by atoms with E-state index in [9.17, 15) is 40.0 Å². The Morgan fingerprint density at radius 3 is 0.857 bits per heavy atom. The quantitative estimate of drug-likeness (QED) is 0.0423. The van der Waals surface area contributed by atoms with E-state index in [1.54, 1.807) is 34.6 Å². The van der Waals surface area contributed by atoms with E-state index in [-0.39, 0.29) is 56.0 Å². The molecule has 0 aliphatic carbocycles. The van der Waals surface area contributed by atoms with Gasteiger partial charge in [0.2, 0.25) is 18.9 Å². The van der Waals surface area contributed by atoms with Crippen molar-refractivity contribution in [1.82, 2.24) is 20.3 Å². The fourth-order valence-electron chi connectivity index (χ4n) is 14.3. The van der Waals surface area contributed by atoms with Crippen molar-refractivity contribution in [3.63, 3.8) is 0 Å². The summed E-state index contributed by atoms with van der Waals surface area (Å²) in [6, 6.07) is 0. The Balaban J connectivity index is 1.59. The molecule has 4 N–H and O–H groups in total. The number of carbonyl (C=O) groups excluding carboxylic acids is 4. The van der Waals surface area contributed by atoms with Crippen molar-refractivity contribution in [3.05, 3.63) is 0 Å². The molecule has 4 aliphatic rings. The second-order valence-electron chi connectivity index (χ2n) is 28.3. The number of rotatable bonds is 23. The van der Waals surface area contributed by atoms with Gasteiger partial charge in [0.1, 0.15) is 12.2 Å². The minimum atomic E-state index is -1.21. The van der Waals surface area contributed by atoms with E-state index in [0.29, 0.717) is 51.4 Å². The maximum absolute atomic E-state index is 13.7. The lowest BCUT2D eigenvalue weighted by Gasteiger charge is -2.51. The first-order chi connectivity index (χ1) is 34.9. The molecule has 7 unspecified atom stereocenters. The van der Waals surface area contributed by atoms with Crippen LogP contribution >= 0.6 is 0 Å². The summed E-state index contributed by atoms with van der Waals surface area (Å²) in [5, 5.41) is 49.0. The monoisotopic (exact) mass is 1100 g/mol. The lowest BCUT2D eigenvalue weighted by molar-refractivity contribution is -0.272. The van der Waals surface area contributed by atoms with Crippen molar-refractivity contribution in [2.45, 2.75) is 310 Å². The highest BCUT2D eigenvalue weighted by Crippen LogP contribution is 2.45. The molecule has 0 aromatic rings. The summed E-state index contributed by atoms with van der Waals surface area (Å²) in [6.07, 6.45) is -3.28. The molecular formula is C57H104N4O16. The van der Waals surface area contributed by atoms with Gasteiger partial charge in [-0.3, -0.25) is 19.2 Å². The van der Waals surface area contributed by atoms with Crippen LogP contribution in [0.4, 0.5) is 0 Å². The number of ether oxygens (including phenoxy) is 8. The summed E-state index contributed by atoms with van der Waals surface area (Å²) < 4.78 is 49.2. The van der Waals surface area contributed by atoms with Gasteiger partial charge in [0.25, 0.3) is 0 Å². The molecule has 4 aliphatic heterocycles. The van der Waals surface area contributed by atoms with Gasteiger partial charge in [0.05, 0.1) is 12.7 Å². The second kappa shape index (κ2) is 25.3. The van der Waals surface area contributed by atoms with Gasteiger partial charge in [-0.15, -0.1) is 0 Å². The lowest BCUT2D eigenvalue weighted by Crippen LogP contribution is -2.59. The molecule has 4 rings (SSSR count). The van der Waals surface area contributed by atoms with Gasteiger partial charge < -0.3 is 58.7 Å². The van der Waals surface area contributed by atoms with Crippen LogP contribution < -0.4 is 0 Å². The molecule has 448 valence electrons. The van der Waals surface area contributed by atoms with Crippen LogP contribution in [0.25, 0.3) is 0 Å². The highest BCUT2D eigenvalue weighted by Gasteiger charge is 2.50. The number of nitrogens with zero attached hydrogens (tertiary/aromatic N) is 4. The first kappa shape index (κ1) is 66.9. The zero-order valence-electron chi connectivity index (χ0n) is 51.0. The molecule has 20 heteroatoms. The molecular weight excluding hydrogens is 997 g/mol. The minimum Gasteiger partial charge on any atom is -0.436 e. The Bertz CT molecular complexity index is 1920. The molecule has 20 nitrogen and oxygen atoms in total. The molecule has 0 aromatic heterocycles. The zero-order chi connectivity index (χ0) is 58.8. The smallest absolute Gasteiger partial charge is 0.308 e. The lowest BCUT2D eigenvalue weighted by atomic mass is 9.74. The third-order valence-electron chi connectivity index (χ3n) is 16.3. The SMILES string of the molecule is CC(OCC(OC(C)OC(=O)CC1CC(C)(C)N(O)C(C)(C)C1)C(OC(C)OC(=O)CC1CC(C)(C)N(O)C(C)(C)C1)C(C)OC(C)OC(=O)CC1CC(C)(C)N(O)C(C)(C)C1)OC(=O)CC1CC(C)(C)N(O)C(C)(C)C1. The van der Waals surface area contributed by atoms with E-state index >= 15 is 0 Å². The molecule has 0 aromatic carbocycles. The Labute approximate surface area is 461 Å². The molecule has 0 amide bonds. The third kappa shape index (κ3) is 18.5.